The second-order valence-corrected chi connectivity index (χ2v) is 4.76. The third-order valence-corrected chi connectivity index (χ3v) is 3.24. The van der Waals surface area contributed by atoms with Gasteiger partial charge in [-0.2, -0.15) is 4.98 Å². The van der Waals surface area contributed by atoms with Gasteiger partial charge in [-0.25, -0.2) is 4.98 Å². The maximum atomic E-state index is 4.36. The Morgan fingerprint density at radius 3 is 2.87 bits per heavy atom. The largest absolute Gasteiger partial charge is 0.366 e. The van der Waals surface area contributed by atoms with E-state index in [1.807, 2.05) is 7.05 Å². The molecule has 15 heavy (non-hydrogen) atoms. The van der Waals surface area contributed by atoms with Crippen molar-refractivity contribution < 1.29 is 0 Å². The minimum Gasteiger partial charge on any atom is -0.366 e. The van der Waals surface area contributed by atoms with E-state index in [0.717, 1.165) is 16.2 Å². The normalized spacial score (nSPS) is 17.3. The Morgan fingerprint density at radius 2 is 2.27 bits per heavy atom. The summed E-state index contributed by atoms with van der Waals surface area (Å²) in [6.45, 7) is 2.20. The van der Waals surface area contributed by atoms with Crippen LogP contribution in [0.15, 0.2) is 10.7 Å². The number of anilines is 2. The van der Waals surface area contributed by atoms with E-state index in [2.05, 4.69) is 43.5 Å². The summed E-state index contributed by atoms with van der Waals surface area (Å²) in [5, 5.41) is 6.34. The molecular weight excluding hydrogens is 256 g/mol. The van der Waals surface area contributed by atoms with Crippen molar-refractivity contribution in [3.63, 3.8) is 0 Å². The number of halogens is 1. The fourth-order valence-corrected chi connectivity index (χ4v) is 1.82. The number of nitrogens with one attached hydrogen (secondary N) is 2. The lowest BCUT2D eigenvalue weighted by Gasteiger charge is -2.14. The van der Waals surface area contributed by atoms with Crippen LogP contribution in [0.1, 0.15) is 19.8 Å². The quantitative estimate of drug-likeness (QED) is 0.883. The standard InChI is InChI=1S/C10H15BrN4/c1-6(7-3-4-7)14-9-8(11)5-13-10(12-2)15-9/h5-7H,3-4H2,1-2H3,(H2,12,13,14,15). The van der Waals surface area contributed by atoms with E-state index in [0.29, 0.717) is 12.0 Å². The summed E-state index contributed by atoms with van der Waals surface area (Å²) in [5.41, 5.74) is 0. The molecule has 1 aromatic rings. The van der Waals surface area contributed by atoms with E-state index in [4.69, 9.17) is 0 Å². The molecule has 5 heteroatoms. The molecule has 1 aliphatic rings. The van der Waals surface area contributed by atoms with Crippen LogP contribution in [0.3, 0.4) is 0 Å². The van der Waals surface area contributed by atoms with Crippen molar-refractivity contribution in [1.82, 2.24) is 9.97 Å². The Balaban J connectivity index is 2.11. The minimum absolute atomic E-state index is 0.487. The topological polar surface area (TPSA) is 49.8 Å². The van der Waals surface area contributed by atoms with Crippen LogP contribution in [0.25, 0.3) is 0 Å². The number of nitrogens with zero attached hydrogens (tertiary/aromatic N) is 2. The molecular formula is C10H15BrN4. The smallest absolute Gasteiger partial charge is 0.224 e. The van der Waals surface area contributed by atoms with E-state index in [1.165, 1.54) is 12.8 Å². The van der Waals surface area contributed by atoms with Gasteiger partial charge in [-0.3, -0.25) is 0 Å². The van der Waals surface area contributed by atoms with Gasteiger partial charge in [0.15, 0.2) is 0 Å². The molecule has 1 unspecified atom stereocenters. The summed E-state index contributed by atoms with van der Waals surface area (Å²) in [6.07, 6.45) is 4.42. The number of aromatic nitrogens is 2. The summed E-state index contributed by atoms with van der Waals surface area (Å²) in [7, 11) is 1.82. The first-order chi connectivity index (χ1) is 7.20. The van der Waals surface area contributed by atoms with E-state index in [9.17, 15) is 0 Å². The zero-order valence-corrected chi connectivity index (χ0v) is 10.5. The monoisotopic (exact) mass is 270 g/mol. The summed E-state index contributed by atoms with van der Waals surface area (Å²) in [6, 6.07) is 0.487. The molecule has 1 fully saturated rings. The molecule has 1 aromatic heterocycles. The number of rotatable bonds is 4. The molecule has 1 heterocycles. The predicted octanol–water partition coefficient (Wildman–Crippen LogP) is 2.49. The fourth-order valence-electron chi connectivity index (χ4n) is 1.52. The first kappa shape index (κ1) is 10.7. The third kappa shape index (κ3) is 2.59. The van der Waals surface area contributed by atoms with Crippen LogP contribution in [0.2, 0.25) is 0 Å². The van der Waals surface area contributed by atoms with Crippen molar-refractivity contribution in [2.75, 3.05) is 17.7 Å². The average Bonchev–Trinajstić information content (AvgIpc) is 3.04. The average molecular weight is 271 g/mol. The summed E-state index contributed by atoms with van der Waals surface area (Å²) in [4.78, 5) is 8.48. The van der Waals surface area contributed by atoms with Crippen molar-refractivity contribution >= 4 is 27.7 Å². The molecule has 82 valence electrons. The highest BCUT2D eigenvalue weighted by Crippen LogP contribution is 2.34. The lowest BCUT2D eigenvalue weighted by atomic mass is 10.2. The molecule has 1 aliphatic carbocycles. The van der Waals surface area contributed by atoms with Gasteiger partial charge in [0.2, 0.25) is 5.95 Å². The molecule has 0 aromatic carbocycles. The van der Waals surface area contributed by atoms with Crippen molar-refractivity contribution in [1.29, 1.82) is 0 Å². The van der Waals surface area contributed by atoms with Crippen LogP contribution in [0.5, 0.6) is 0 Å². The van der Waals surface area contributed by atoms with Crippen molar-refractivity contribution in [2.24, 2.45) is 5.92 Å². The van der Waals surface area contributed by atoms with Crippen LogP contribution < -0.4 is 10.6 Å². The highest BCUT2D eigenvalue weighted by atomic mass is 79.9. The van der Waals surface area contributed by atoms with Gasteiger partial charge in [-0.15, -0.1) is 0 Å². The Hall–Kier alpha value is -0.840. The Morgan fingerprint density at radius 1 is 1.53 bits per heavy atom. The Kier molecular flexibility index (Phi) is 3.09. The van der Waals surface area contributed by atoms with Crippen LogP contribution in [0, 0.1) is 5.92 Å². The van der Waals surface area contributed by atoms with Crippen molar-refractivity contribution in [3.05, 3.63) is 10.7 Å². The van der Waals surface area contributed by atoms with Crippen LogP contribution in [-0.4, -0.2) is 23.1 Å². The molecule has 0 radical (unpaired) electrons. The van der Waals surface area contributed by atoms with E-state index < -0.39 is 0 Å². The molecule has 0 amide bonds. The maximum Gasteiger partial charge on any atom is 0.224 e. The van der Waals surface area contributed by atoms with Gasteiger partial charge < -0.3 is 10.6 Å². The molecule has 2 N–H and O–H groups in total. The molecule has 0 saturated heterocycles. The van der Waals surface area contributed by atoms with Gasteiger partial charge in [0.1, 0.15) is 5.82 Å². The van der Waals surface area contributed by atoms with Gasteiger partial charge in [0.05, 0.1) is 4.47 Å². The van der Waals surface area contributed by atoms with Gasteiger partial charge in [-0.1, -0.05) is 0 Å². The first-order valence-electron chi connectivity index (χ1n) is 5.17. The second-order valence-electron chi connectivity index (χ2n) is 3.91. The molecule has 0 aliphatic heterocycles. The second kappa shape index (κ2) is 4.35. The van der Waals surface area contributed by atoms with Crippen LogP contribution in [-0.2, 0) is 0 Å². The summed E-state index contributed by atoms with van der Waals surface area (Å²) < 4.78 is 0.911. The summed E-state index contributed by atoms with van der Waals surface area (Å²) in [5.74, 6) is 2.32. The maximum absolute atomic E-state index is 4.36. The Bertz CT molecular complexity index is 351. The van der Waals surface area contributed by atoms with E-state index >= 15 is 0 Å². The van der Waals surface area contributed by atoms with E-state index in [1.54, 1.807) is 6.20 Å². The molecule has 1 atom stereocenters. The lowest BCUT2D eigenvalue weighted by molar-refractivity contribution is 0.690. The van der Waals surface area contributed by atoms with Gasteiger partial charge in [0, 0.05) is 19.3 Å². The third-order valence-electron chi connectivity index (χ3n) is 2.66. The lowest BCUT2D eigenvalue weighted by Crippen LogP contribution is -2.19. The van der Waals surface area contributed by atoms with Gasteiger partial charge in [-0.05, 0) is 41.6 Å². The zero-order chi connectivity index (χ0) is 10.8. The van der Waals surface area contributed by atoms with Gasteiger partial charge in [0.25, 0.3) is 0 Å². The summed E-state index contributed by atoms with van der Waals surface area (Å²) >= 11 is 3.44. The highest BCUT2D eigenvalue weighted by Gasteiger charge is 2.28. The zero-order valence-electron chi connectivity index (χ0n) is 8.92. The fraction of sp³-hybridized carbons (Fsp3) is 0.600. The highest BCUT2D eigenvalue weighted by molar-refractivity contribution is 9.10. The Labute approximate surface area is 98.0 Å². The van der Waals surface area contributed by atoms with Gasteiger partial charge >= 0.3 is 0 Å². The van der Waals surface area contributed by atoms with Crippen molar-refractivity contribution in [3.8, 4) is 0 Å². The first-order valence-corrected chi connectivity index (χ1v) is 5.97. The molecule has 2 rings (SSSR count). The molecule has 1 saturated carbocycles. The molecule has 0 bridgehead atoms. The number of hydrogen-bond donors (Lipinski definition) is 2. The van der Waals surface area contributed by atoms with Crippen LogP contribution in [0.4, 0.5) is 11.8 Å². The molecule has 0 spiro atoms. The minimum atomic E-state index is 0.487. The number of hydrogen-bond acceptors (Lipinski definition) is 4. The van der Waals surface area contributed by atoms with Crippen molar-refractivity contribution in [2.45, 2.75) is 25.8 Å². The van der Waals surface area contributed by atoms with Crippen LogP contribution >= 0.6 is 15.9 Å². The van der Waals surface area contributed by atoms with E-state index in [-0.39, 0.29) is 0 Å². The SMILES string of the molecule is CNc1ncc(Br)c(NC(C)C2CC2)n1. The molecule has 4 nitrogen and oxygen atoms in total. The predicted molar refractivity (Wildman–Crippen MR) is 65.1 cm³/mol.